The van der Waals surface area contributed by atoms with Crippen molar-refractivity contribution in [3.8, 4) is 11.5 Å². The SMILES string of the molecule is O=C1NCN2c3ccccc3Oc3cccc1c32. The van der Waals surface area contributed by atoms with Crippen molar-refractivity contribution in [1.82, 2.24) is 5.32 Å². The Bertz CT molecular complexity index is 667. The van der Waals surface area contributed by atoms with E-state index in [2.05, 4.69) is 10.2 Å². The van der Waals surface area contributed by atoms with Gasteiger partial charge in [0.2, 0.25) is 0 Å². The van der Waals surface area contributed by atoms with Crippen molar-refractivity contribution < 1.29 is 9.53 Å². The summed E-state index contributed by atoms with van der Waals surface area (Å²) in [4.78, 5) is 13.9. The average molecular weight is 238 g/mol. The molecule has 0 unspecified atom stereocenters. The van der Waals surface area contributed by atoms with E-state index in [1.165, 1.54) is 0 Å². The summed E-state index contributed by atoms with van der Waals surface area (Å²) in [6.45, 7) is 0.475. The molecule has 0 saturated heterocycles. The maximum absolute atomic E-state index is 11.8. The van der Waals surface area contributed by atoms with Crippen molar-refractivity contribution >= 4 is 17.3 Å². The maximum Gasteiger partial charge on any atom is 0.254 e. The van der Waals surface area contributed by atoms with E-state index in [1.807, 2.05) is 42.5 Å². The van der Waals surface area contributed by atoms with Gasteiger partial charge in [-0.3, -0.25) is 4.79 Å². The van der Waals surface area contributed by atoms with Crippen molar-refractivity contribution in [1.29, 1.82) is 0 Å². The van der Waals surface area contributed by atoms with Gasteiger partial charge in [0.15, 0.2) is 11.5 Å². The Balaban J connectivity index is 2.01. The number of benzene rings is 2. The second-order valence-corrected chi connectivity index (χ2v) is 4.31. The minimum absolute atomic E-state index is 0.0499. The minimum Gasteiger partial charge on any atom is -0.453 e. The van der Waals surface area contributed by atoms with Gasteiger partial charge in [-0.15, -0.1) is 0 Å². The van der Waals surface area contributed by atoms with Crippen LogP contribution in [0.15, 0.2) is 42.5 Å². The molecule has 1 amide bonds. The van der Waals surface area contributed by atoms with Crippen molar-refractivity contribution in [2.24, 2.45) is 0 Å². The van der Waals surface area contributed by atoms with Crippen LogP contribution in [0.3, 0.4) is 0 Å². The van der Waals surface area contributed by atoms with E-state index in [0.29, 0.717) is 12.2 Å². The lowest BCUT2D eigenvalue weighted by Crippen LogP contribution is -2.42. The van der Waals surface area contributed by atoms with E-state index in [9.17, 15) is 4.79 Å². The van der Waals surface area contributed by atoms with Crippen LogP contribution >= 0.6 is 0 Å². The summed E-state index contributed by atoms with van der Waals surface area (Å²) in [6.07, 6.45) is 0. The van der Waals surface area contributed by atoms with E-state index in [4.69, 9.17) is 4.74 Å². The van der Waals surface area contributed by atoms with Crippen LogP contribution in [0.5, 0.6) is 11.5 Å². The third kappa shape index (κ3) is 1.12. The number of nitrogens with zero attached hydrogens (tertiary/aromatic N) is 1. The van der Waals surface area contributed by atoms with Crippen LogP contribution in [0.25, 0.3) is 0 Å². The Hall–Kier alpha value is -2.49. The molecule has 4 nitrogen and oxygen atoms in total. The molecule has 0 radical (unpaired) electrons. The molecule has 0 spiro atoms. The lowest BCUT2D eigenvalue weighted by atomic mass is 10.1. The largest absolute Gasteiger partial charge is 0.453 e. The molecule has 2 heterocycles. The second-order valence-electron chi connectivity index (χ2n) is 4.31. The third-order valence-electron chi connectivity index (χ3n) is 3.29. The first-order chi connectivity index (χ1) is 8.84. The highest BCUT2D eigenvalue weighted by Crippen LogP contribution is 2.48. The molecule has 0 saturated carbocycles. The number of amides is 1. The molecular formula is C14H10N2O2. The molecule has 0 bridgehead atoms. The number of nitrogens with one attached hydrogen (secondary N) is 1. The van der Waals surface area contributed by atoms with Crippen LogP contribution in [-0.4, -0.2) is 12.6 Å². The highest BCUT2D eigenvalue weighted by atomic mass is 16.5. The number of carbonyl (C=O) groups excluding carboxylic acids is 1. The number of fused-ring (bicyclic) bond motifs is 2. The number of hydrogen-bond acceptors (Lipinski definition) is 3. The summed E-state index contributed by atoms with van der Waals surface area (Å²) in [7, 11) is 0. The van der Waals surface area contributed by atoms with Crippen molar-refractivity contribution in [3.05, 3.63) is 48.0 Å². The second kappa shape index (κ2) is 3.26. The normalized spacial score (nSPS) is 15.3. The van der Waals surface area contributed by atoms with Crippen LogP contribution in [-0.2, 0) is 0 Å². The predicted octanol–water partition coefficient (Wildman–Crippen LogP) is 2.63. The standard InChI is InChI=1S/C14H10N2O2/c17-14-9-4-3-7-12-13(9)16(8-15-14)10-5-1-2-6-11(10)18-12/h1-7H,8H2,(H,15,17). The molecule has 0 aliphatic carbocycles. The number of hydrogen-bond donors (Lipinski definition) is 1. The van der Waals surface area contributed by atoms with Crippen molar-refractivity contribution in [2.45, 2.75) is 0 Å². The fourth-order valence-corrected chi connectivity index (χ4v) is 2.48. The lowest BCUT2D eigenvalue weighted by molar-refractivity contribution is 0.0948. The Morgan fingerprint density at radius 1 is 1.06 bits per heavy atom. The number of anilines is 2. The molecule has 2 aromatic carbocycles. The van der Waals surface area contributed by atoms with Crippen LogP contribution in [0.1, 0.15) is 10.4 Å². The fraction of sp³-hybridized carbons (Fsp3) is 0.0714. The molecule has 0 aromatic heterocycles. The first-order valence-electron chi connectivity index (χ1n) is 5.80. The maximum atomic E-state index is 11.8. The first-order valence-corrected chi connectivity index (χ1v) is 5.80. The molecular weight excluding hydrogens is 228 g/mol. The monoisotopic (exact) mass is 238 g/mol. The molecule has 4 rings (SSSR count). The van der Waals surface area contributed by atoms with Gasteiger partial charge in [-0.1, -0.05) is 18.2 Å². The van der Waals surface area contributed by atoms with Gasteiger partial charge < -0.3 is 15.0 Å². The highest BCUT2D eigenvalue weighted by molar-refractivity contribution is 6.05. The Morgan fingerprint density at radius 2 is 1.89 bits per heavy atom. The van der Waals surface area contributed by atoms with Gasteiger partial charge in [-0.25, -0.2) is 0 Å². The summed E-state index contributed by atoms with van der Waals surface area (Å²) >= 11 is 0. The van der Waals surface area contributed by atoms with Gasteiger partial charge in [-0.05, 0) is 24.3 Å². The summed E-state index contributed by atoms with van der Waals surface area (Å²) in [5.41, 5.74) is 2.51. The Labute approximate surface area is 104 Å². The summed E-state index contributed by atoms with van der Waals surface area (Å²) in [5.74, 6) is 1.51. The number of carbonyl (C=O) groups is 1. The molecule has 0 fully saturated rings. The molecule has 2 aliphatic heterocycles. The molecule has 2 aromatic rings. The molecule has 88 valence electrons. The van der Waals surface area contributed by atoms with Crippen molar-refractivity contribution in [2.75, 3.05) is 11.6 Å². The van der Waals surface area contributed by atoms with E-state index < -0.39 is 0 Å². The van der Waals surface area contributed by atoms with Gasteiger partial charge in [0.05, 0.1) is 23.6 Å². The molecule has 4 heteroatoms. The van der Waals surface area contributed by atoms with Gasteiger partial charge in [0.25, 0.3) is 5.91 Å². The quantitative estimate of drug-likeness (QED) is 0.767. The van der Waals surface area contributed by atoms with Gasteiger partial charge in [0.1, 0.15) is 0 Å². The smallest absolute Gasteiger partial charge is 0.254 e. The van der Waals surface area contributed by atoms with E-state index in [1.54, 1.807) is 0 Å². The Morgan fingerprint density at radius 3 is 2.83 bits per heavy atom. The third-order valence-corrected chi connectivity index (χ3v) is 3.29. The van der Waals surface area contributed by atoms with Crippen LogP contribution in [0.4, 0.5) is 11.4 Å². The lowest BCUT2D eigenvalue weighted by Gasteiger charge is -2.36. The molecule has 18 heavy (non-hydrogen) atoms. The summed E-state index contributed by atoms with van der Waals surface area (Å²) in [6, 6.07) is 13.4. The van der Waals surface area contributed by atoms with Crippen molar-refractivity contribution in [3.63, 3.8) is 0 Å². The van der Waals surface area contributed by atoms with Gasteiger partial charge in [-0.2, -0.15) is 0 Å². The van der Waals surface area contributed by atoms with E-state index >= 15 is 0 Å². The van der Waals surface area contributed by atoms with Gasteiger partial charge >= 0.3 is 0 Å². The zero-order chi connectivity index (χ0) is 12.1. The fourth-order valence-electron chi connectivity index (χ4n) is 2.48. The summed E-state index contributed by atoms with van der Waals surface area (Å²) in [5, 5.41) is 2.87. The number of para-hydroxylation sites is 3. The molecule has 0 atom stereocenters. The van der Waals surface area contributed by atoms with E-state index in [-0.39, 0.29) is 5.91 Å². The number of ether oxygens (including phenoxy) is 1. The van der Waals surface area contributed by atoms with Crippen LogP contribution in [0, 0.1) is 0 Å². The zero-order valence-corrected chi connectivity index (χ0v) is 9.51. The topological polar surface area (TPSA) is 41.6 Å². The minimum atomic E-state index is -0.0499. The number of rotatable bonds is 0. The zero-order valence-electron chi connectivity index (χ0n) is 9.51. The molecule has 1 N–H and O–H groups in total. The molecule has 2 aliphatic rings. The van der Waals surface area contributed by atoms with Gasteiger partial charge in [0, 0.05) is 0 Å². The highest BCUT2D eigenvalue weighted by Gasteiger charge is 2.32. The average Bonchev–Trinajstić information content (AvgIpc) is 2.42. The summed E-state index contributed by atoms with van der Waals surface area (Å²) < 4.78 is 5.85. The van der Waals surface area contributed by atoms with Crippen LogP contribution in [0.2, 0.25) is 0 Å². The first kappa shape index (κ1) is 9.53. The Kier molecular flexibility index (Phi) is 1.73. The van der Waals surface area contributed by atoms with Crippen LogP contribution < -0.4 is 15.0 Å². The van der Waals surface area contributed by atoms with E-state index in [0.717, 1.165) is 22.9 Å². The predicted molar refractivity (Wildman–Crippen MR) is 67.4 cm³/mol.